The number of rotatable bonds is 11. The van der Waals surface area contributed by atoms with Crippen molar-refractivity contribution >= 4 is 78.3 Å². The van der Waals surface area contributed by atoms with Crippen LogP contribution < -0.4 is 31.0 Å². The molecule has 0 bridgehead atoms. The Morgan fingerprint density at radius 1 is 0.983 bits per heavy atom. The maximum atomic E-state index is 13.2. The summed E-state index contributed by atoms with van der Waals surface area (Å²) < 4.78 is 37.4. The van der Waals surface area contributed by atoms with Crippen LogP contribution in [-0.4, -0.2) is 101 Å². The fraction of sp³-hybridized carbons (Fsp3) is 0.405. The number of amides is 4. The third kappa shape index (κ3) is 9.98. The lowest BCUT2D eigenvalue weighted by atomic mass is 9.96. The first-order valence-corrected chi connectivity index (χ1v) is 21.3. The summed E-state index contributed by atoms with van der Waals surface area (Å²) in [5.41, 5.74) is 2.30. The molecule has 0 unspecified atom stereocenters. The van der Waals surface area contributed by atoms with Gasteiger partial charge in [0.05, 0.1) is 34.8 Å². The van der Waals surface area contributed by atoms with E-state index in [0.717, 1.165) is 0 Å². The van der Waals surface area contributed by atoms with Crippen LogP contribution in [0, 0.1) is 0 Å². The van der Waals surface area contributed by atoms with Gasteiger partial charge in [0.1, 0.15) is 6.10 Å². The number of ether oxygens (including phenoxy) is 1. The van der Waals surface area contributed by atoms with Gasteiger partial charge in [-0.3, -0.25) is 24.3 Å². The van der Waals surface area contributed by atoms with Gasteiger partial charge in [-0.15, -0.1) is 0 Å². The van der Waals surface area contributed by atoms with Gasteiger partial charge < -0.3 is 20.3 Å². The summed E-state index contributed by atoms with van der Waals surface area (Å²) >= 11 is 9.46. The summed E-state index contributed by atoms with van der Waals surface area (Å²) in [4.78, 5) is 79.3. The average Bonchev–Trinajstić information content (AvgIpc) is 3.60. The number of nitrogens with zero attached hydrogens (tertiary/aromatic N) is 5. The van der Waals surface area contributed by atoms with Gasteiger partial charge in [-0.2, -0.15) is 13.1 Å². The van der Waals surface area contributed by atoms with E-state index < -0.39 is 52.0 Å². The highest BCUT2D eigenvalue weighted by atomic mass is 79.9. The van der Waals surface area contributed by atoms with Gasteiger partial charge in [0.25, 0.3) is 11.5 Å². The fourth-order valence-electron chi connectivity index (χ4n) is 7.45. The highest BCUT2D eigenvalue weighted by molar-refractivity contribution is 9.10. The number of piperidine rings is 2. The number of nitrogens with one attached hydrogen (secondary N) is 5. The Balaban J connectivity index is 0.863. The van der Waals surface area contributed by atoms with E-state index in [4.69, 9.17) is 16.3 Å². The van der Waals surface area contributed by atoms with Crippen LogP contribution in [-0.2, 0) is 39.1 Å². The lowest BCUT2D eigenvalue weighted by Crippen LogP contribution is -2.53. The molecule has 5 N–H and O–H groups in total. The molecule has 2 aromatic heterocycles. The molecule has 18 nitrogen and oxygen atoms in total. The quantitative estimate of drug-likeness (QED) is 0.146. The Bertz CT molecular complexity index is 2390. The summed E-state index contributed by atoms with van der Waals surface area (Å²) in [5.74, 6) is -0.789. The summed E-state index contributed by atoms with van der Waals surface area (Å²) in [6.07, 6.45) is 4.73. The lowest BCUT2D eigenvalue weighted by molar-refractivity contribution is -0.121. The van der Waals surface area contributed by atoms with E-state index in [1.807, 2.05) is 29.0 Å². The Morgan fingerprint density at radius 2 is 1.71 bits per heavy atom. The number of likely N-dealkylation sites (tertiary alicyclic amines) is 1. The number of hydrogen-bond acceptors (Lipinski definition) is 12. The molecular formula is C37H40BrClN10O8S. The van der Waals surface area contributed by atoms with Gasteiger partial charge in [0.15, 0.2) is 17.3 Å². The molecule has 4 aromatic rings. The molecule has 7 rings (SSSR count). The van der Waals surface area contributed by atoms with Crippen LogP contribution in [0.3, 0.4) is 0 Å². The first-order valence-electron chi connectivity index (χ1n) is 18.7. The second-order valence-electron chi connectivity index (χ2n) is 14.4. The van der Waals surface area contributed by atoms with Crippen LogP contribution in [0.4, 0.5) is 15.4 Å². The molecule has 306 valence electrons. The number of hydrogen-bond donors (Lipinski definition) is 5. The first-order chi connectivity index (χ1) is 27.8. The van der Waals surface area contributed by atoms with Crippen molar-refractivity contribution in [1.29, 1.82) is 0 Å². The Hall–Kier alpha value is -5.02. The van der Waals surface area contributed by atoms with Gasteiger partial charge in [-0.05, 0) is 84.3 Å². The van der Waals surface area contributed by atoms with Crippen LogP contribution in [0.5, 0.6) is 0 Å². The largest absolute Gasteiger partial charge is 0.444 e. The zero-order valence-corrected chi connectivity index (χ0v) is 34.1. The second kappa shape index (κ2) is 17.9. The molecule has 4 heterocycles. The zero-order valence-electron chi connectivity index (χ0n) is 30.9. The molecule has 2 aliphatic heterocycles. The molecule has 1 aliphatic carbocycles. The maximum absolute atomic E-state index is 13.2. The number of fused-ring (bicyclic) bond motifs is 2. The van der Waals surface area contributed by atoms with Crippen molar-refractivity contribution in [2.75, 3.05) is 25.0 Å². The predicted molar refractivity (Wildman–Crippen MR) is 216 cm³/mol. The minimum Gasteiger partial charge on any atom is -0.444 e. The minimum atomic E-state index is -4.37. The zero-order chi connectivity index (χ0) is 41.0. The van der Waals surface area contributed by atoms with Crippen LogP contribution in [0.1, 0.15) is 53.7 Å². The van der Waals surface area contributed by atoms with Crippen LogP contribution >= 0.6 is 27.5 Å². The van der Waals surface area contributed by atoms with E-state index in [1.165, 1.54) is 45.4 Å². The predicted octanol–water partition coefficient (Wildman–Crippen LogP) is 2.84. The second-order valence-corrected chi connectivity index (χ2v) is 17.1. The molecule has 3 aliphatic rings. The van der Waals surface area contributed by atoms with Gasteiger partial charge in [-0.1, -0.05) is 35.9 Å². The van der Waals surface area contributed by atoms with Crippen LogP contribution in [0.25, 0.3) is 10.9 Å². The topological polar surface area (TPSA) is 236 Å². The summed E-state index contributed by atoms with van der Waals surface area (Å²) in [5, 5.41) is 9.37. The number of halogens is 2. The highest BCUT2D eigenvalue weighted by Gasteiger charge is 2.33. The molecule has 0 radical (unpaired) electrons. The van der Waals surface area contributed by atoms with E-state index in [0.29, 0.717) is 47.2 Å². The molecule has 0 saturated carbocycles. The van der Waals surface area contributed by atoms with Gasteiger partial charge >= 0.3 is 22.3 Å². The lowest BCUT2D eigenvalue weighted by Gasteiger charge is -2.33. The molecular weight excluding hydrogens is 860 g/mol. The van der Waals surface area contributed by atoms with Crippen molar-refractivity contribution in [3.63, 3.8) is 0 Å². The van der Waals surface area contributed by atoms with Crippen molar-refractivity contribution < 1.29 is 32.3 Å². The Morgan fingerprint density at radius 3 is 2.45 bits per heavy atom. The van der Waals surface area contributed by atoms with Gasteiger partial charge in [0.2, 0.25) is 0 Å². The van der Waals surface area contributed by atoms with E-state index in [1.54, 1.807) is 6.07 Å². The van der Waals surface area contributed by atoms with Crippen molar-refractivity contribution in [2.45, 2.75) is 75.7 Å². The Labute approximate surface area is 346 Å². The molecule has 2 aromatic carbocycles. The van der Waals surface area contributed by atoms with E-state index in [9.17, 15) is 32.4 Å². The Kier molecular flexibility index (Phi) is 12.7. The van der Waals surface area contributed by atoms with E-state index >= 15 is 0 Å². The molecule has 4 amide bonds. The summed E-state index contributed by atoms with van der Waals surface area (Å²) in [6, 6.07) is 9.21. The van der Waals surface area contributed by atoms with Crippen molar-refractivity contribution in [1.82, 2.24) is 44.5 Å². The maximum Gasteiger partial charge on any atom is 0.422 e. The first kappa shape index (κ1) is 41.2. The smallest absolute Gasteiger partial charge is 0.422 e. The molecule has 58 heavy (non-hydrogen) atoms. The van der Waals surface area contributed by atoms with Crippen molar-refractivity contribution in [2.24, 2.45) is 0 Å². The number of ketones is 1. The molecule has 0 spiro atoms. The van der Waals surface area contributed by atoms with Crippen molar-refractivity contribution in [3.05, 3.63) is 91.8 Å². The SMILES string of the molecule is O=C(C[C@H]1NCCC[C@@H]1OC(=O)NS(=O)(=O)NC1CCN(C(=O)Nc2nccnc2C(=O)NC2Cc3ccccc3C2)CC1)Cn1cnc2cc(Br)c(Cl)cc2c1=O. The average molecular weight is 900 g/mol. The monoisotopic (exact) mass is 898 g/mol. The summed E-state index contributed by atoms with van der Waals surface area (Å²) in [6.45, 7) is 0.607. The highest BCUT2D eigenvalue weighted by Crippen LogP contribution is 2.26. The van der Waals surface area contributed by atoms with E-state index in [-0.39, 0.29) is 67.6 Å². The van der Waals surface area contributed by atoms with Gasteiger partial charge in [-0.25, -0.2) is 29.3 Å². The number of carbonyl (C=O) groups is 4. The van der Waals surface area contributed by atoms with E-state index in [2.05, 4.69) is 51.6 Å². The third-order valence-electron chi connectivity index (χ3n) is 10.3. The normalized spacial score (nSPS) is 18.7. The number of anilines is 1. The third-order valence-corrected chi connectivity index (χ3v) is 12.6. The standard InChI is InChI=1S/C37H40BrClN10O8S/c38-27-18-29-26(17-28(27)39)35(52)49(20-43-29)19-25(50)16-30-31(6-3-9-40-30)57-37(54)47-58(55,56)46-23-7-12-48(13-8-23)36(53)45-33-32(41-10-11-42-33)34(51)44-24-14-21-4-1-2-5-22(21)15-24/h1-2,4-5,10-11,17-18,20,23-24,30-31,40,46H,3,6-9,12-16,19H2,(H,44,51)(H,47,54)(H,42,45,53)/t30-,31+/m1/s1. The molecule has 2 fully saturated rings. The fourth-order valence-corrected chi connectivity index (χ4v) is 8.94. The molecule has 2 saturated heterocycles. The van der Waals surface area contributed by atoms with Crippen molar-refractivity contribution in [3.8, 4) is 0 Å². The number of Topliss-reactive ketones (excluding diaryl/α,β-unsaturated/α-hetero) is 1. The number of urea groups is 1. The minimum absolute atomic E-state index is 0.00272. The number of carbonyl (C=O) groups excluding carboxylic acids is 4. The number of benzene rings is 2. The molecule has 21 heteroatoms. The number of aromatic nitrogens is 4. The van der Waals surface area contributed by atoms with Gasteiger partial charge in [0, 0.05) is 48.5 Å². The summed E-state index contributed by atoms with van der Waals surface area (Å²) in [7, 11) is -4.37. The molecule has 2 atom stereocenters. The van der Waals surface area contributed by atoms with Crippen LogP contribution in [0.2, 0.25) is 5.02 Å². The van der Waals surface area contributed by atoms with Crippen LogP contribution in [0.15, 0.2) is 64.4 Å².